The molecule has 0 aromatic carbocycles. The zero-order valence-electron chi connectivity index (χ0n) is 7.79. The van der Waals surface area contributed by atoms with Gasteiger partial charge in [0.2, 0.25) is 5.91 Å². The van der Waals surface area contributed by atoms with Crippen molar-refractivity contribution in [3.8, 4) is 0 Å². The van der Waals surface area contributed by atoms with Crippen LogP contribution < -0.4 is 5.32 Å². The van der Waals surface area contributed by atoms with Crippen molar-refractivity contribution >= 4 is 5.91 Å². The van der Waals surface area contributed by atoms with Crippen molar-refractivity contribution in [1.29, 1.82) is 0 Å². The molecule has 1 saturated heterocycles. The van der Waals surface area contributed by atoms with E-state index >= 15 is 0 Å². The maximum atomic E-state index is 12.8. The van der Waals surface area contributed by atoms with Gasteiger partial charge >= 0.3 is 0 Å². The third-order valence-corrected chi connectivity index (χ3v) is 2.82. The number of alkyl halides is 1. The number of amides is 1. The molecule has 2 aliphatic rings. The Morgan fingerprint density at radius 3 is 2.69 bits per heavy atom. The first kappa shape index (κ1) is 8.94. The van der Waals surface area contributed by atoms with Gasteiger partial charge in [0.05, 0.1) is 6.04 Å². The van der Waals surface area contributed by atoms with E-state index in [0.29, 0.717) is 19.0 Å². The van der Waals surface area contributed by atoms with Crippen LogP contribution in [0.5, 0.6) is 0 Å². The van der Waals surface area contributed by atoms with Crippen LogP contribution in [0.25, 0.3) is 0 Å². The number of carbonyl (C=O) groups is 1. The van der Waals surface area contributed by atoms with E-state index in [0.717, 1.165) is 12.8 Å². The Morgan fingerprint density at radius 1 is 1.54 bits per heavy atom. The molecule has 0 radical (unpaired) electrons. The number of carbonyl (C=O) groups excluding carboxylic acids is 1. The summed E-state index contributed by atoms with van der Waals surface area (Å²) in [5, 5.41) is 2.90. The predicted octanol–water partition coefficient (Wildman–Crippen LogP) is 0.307. The average molecular weight is 186 g/mol. The van der Waals surface area contributed by atoms with E-state index in [1.165, 1.54) is 0 Å². The van der Waals surface area contributed by atoms with Crippen molar-refractivity contribution in [3.05, 3.63) is 0 Å². The highest BCUT2D eigenvalue weighted by Crippen LogP contribution is 2.26. The van der Waals surface area contributed by atoms with Gasteiger partial charge in [0.1, 0.15) is 6.17 Å². The van der Waals surface area contributed by atoms with Crippen molar-refractivity contribution in [2.75, 3.05) is 13.6 Å². The summed E-state index contributed by atoms with van der Waals surface area (Å²) in [6.45, 7) is 0.328. The van der Waals surface area contributed by atoms with Crippen molar-refractivity contribution in [2.24, 2.45) is 0 Å². The van der Waals surface area contributed by atoms with Crippen LogP contribution in [0, 0.1) is 0 Å². The number of nitrogens with one attached hydrogen (secondary N) is 1. The molecule has 1 N–H and O–H groups in total. The van der Waals surface area contributed by atoms with Crippen molar-refractivity contribution in [1.82, 2.24) is 10.2 Å². The molecule has 0 spiro atoms. The van der Waals surface area contributed by atoms with Crippen LogP contribution in [0.2, 0.25) is 0 Å². The topological polar surface area (TPSA) is 32.3 Å². The zero-order chi connectivity index (χ0) is 9.42. The lowest BCUT2D eigenvalue weighted by atomic mass is 10.2. The van der Waals surface area contributed by atoms with Crippen LogP contribution >= 0.6 is 0 Å². The van der Waals surface area contributed by atoms with E-state index in [-0.39, 0.29) is 11.9 Å². The fraction of sp³-hybridized carbons (Fsp3) is 0.889. The Balaban J connectivity index is 1.88. The number of halogens is 1. The second-order valence-corrected chi connectivity index (χ2v) is 3.97. The van der Waals surface area contributed by atoms with Gasteiger partial charge < -0.3 is 10.2 Å². The predicted molar refractivity (Wildman–Crippen MR) is 47.1 cm³/mol. The number of hydrogen-bond acceptors (Lipinski definition) is 2. The summed E-state index contributed by atoms with van der Waals surface area (Å²) in [6, 6.07) is 0.147. The van der Waals surface area contributed by atoms with E-state index < -0.39 is 6.17 Å². The number of hydrogen-bond donors (Lipinski definition) is 1. The highest BCUT2D eigenvalue weighted by molar-refractivity contribution is 5.82. The molecule has 0 unspecified atom stereocenters. The van der Waals surface area contributed by atoms with Gasteiger partial charge in [-0.2, -0.15) is 0 Å². The Hall–Kier alpha value is -0.640. The van der Waals surface area contributed by atoms with E-state index in [2.05, 4.69) is 5.32 Å². The van der Waals surface area contributed by atoms with Gasteiger partial charge in [-0.1, -0.05) is 0 Å². The van der Waals surface area contributed by atoms with Gasteiger partial charge in [0.25, 0.3) is 0 Å². The molecule has 2 fully saturated rings. The first-order valence-corrected chi connectivity index (χ1v) is 4.82. The van der Waals surface area contributed by atoms with Crippen LogP contribution in [-0.4, -0.2) is 42.7 Å². The molecule has 74 valence electrons. The van der Waals surface area contributed by atoms with E-state index in [1.807, 2.05) is 7.05 Å². The first-order valence-electron chi connectivity index (χ1n) is 4.82. The summed E-state index contributed by atoms with van der Waals surface area (Å²) in [7, 11) is 1.81. The standard InChI is InChI=1S/C9H15FN2O/c1-12(7-2-3-7)9(13)8-4-6(10)5-11-8/h6-8,11H,2-5H2,1H3/t6-,8+/m1/s1. The molecule has 3 nitrogen and oxygen atoms in total. The maximum absolute atomic E-state index is 12.8. The molecule has 1 saturated carbocycles. The third-order valence-electron chi connectivity index (χ3n) is 2.82. The van der Waals surface area contributed by atoms with Crippen LogP contribution in [0.3, 0.4) is 0 Å². The summed E-state index contributed by atoms with van der Waals surface area (Å²) in [4.78, 5) is 13.4. The first-order chi connectivity index (χ1) is 6.18. The quantitative estimate of drug-likeness (QED) is 0.673. The van der Waals surface area contributed by atoms with Crippen LogP contribution in [0.15, 0.2) is 0 Å². The summed E-state index contributed by atoms with van der Waals surface area (Å²) in [5.74, 6) is 0.0580. The lowest BCUT2D eigenvalue weighted by molar-refractivity contribution is -0.132. The Labute approximate surface area is 77.3 Å². The van der Waals surface area contributed by atoms with Crippen LogP contribution in [-0.2, 0) is 4.79 Å². The fourth-order valence-electron chi connectivity index (χ4n) is 1.77. The average Bonchev–Trinajstić information content (AvgIpc) is 2.87. The summed E-state index contributed by atoms with van der Waals surface area (Å²) in [6.07, 6.45) is 1.71. The third kappa shape index (κ3) is 1.82. The van der Waals surface area contributed by atoms with E-state index in [1.54, 1.807) is 4.90 Å². The minimum Gasteiger partial charge on any atom is -0.341 e. The van der Waals surface area contributed by atoms with E-state index in [4.69, 9.17) is 0 Å². The van der Waals surface area contributed by atoms with E-state index in [9.17, 15) is 9.18 Å². The molecule has 13 heavy (non-hydrogen) atoms. The normalized spacial score (nSPS) is 33.4. The van der Waals surface area contributed by atoms with Crippen LogP contribution in [0.4, 0.5) is 4.39 Å². The molecule has 0 bridgehead atoms. The summed E-state index contributed by atoms with van der Waals surface area (Å²) in [5.41, 5.74) is 0. The summed E-state index contributed by atoms with van der Waals surface area (Å²) < 4.78 is 12.8. The lowest BCUT2D eigenvalue weighted by Gasteiger charge is -2.20. The number of likely N-dealkylation sites (N-methyl/N-ethyl adjacent to an activating group) is 1. The molecule has 1 aliphatic carbocycles. The van der Waals surface area contributed by atoms with Crippen LogP contribution in [0.1, 0.15) is 19.3 Å². The lowest BCUT2D eigenvalue weighted by Crippen LogP contribution is -2.42. The largest absolute Gasteiger partial charge is 0.341 e. The Bertz CT molecular complexity index is 218. The van der Waals surface area contributed by atoms with Gasteiger partial charge in [-0.25, -0.2) is 4.39 Å². The molecule has 0 aromatic rings. The van der Waals surface area contributed by atoms with Gasteiger partial charge in [0.15, 0.2) is 0 Å². The van der Waals surface area contributed by atoms with Gasteiger partial charge in [0, 0.05) is 26.1 Å². The van der Waals surface area contributed by atoms with Crippen molar-refractivity contribution in [2.45, 2.75) is 37.5 Å². The molecule has 4 heteroatoms. The molecule has 1 heterocycles. The number of nitrogens with zero attached hydrogens (tertiary/aromatic N) is 1. The molecule has 1 aliphatic heterocycles. The zero-order valence-corrected chi connectivity index (χ0v) is 7.79. The van der Waals surface area contributed by atoms with Gasteiger partial charge in [-0.05, 0) is 12.8 Å². The molecule has 1 amide bonds. The molecule has 2 rings (SSSR count). The second-order valence-electron chi connectivity index (χ2n) is 3.97. The monoisotopic (exact) mass is 186 g/mol. The van der Waals surface area contributed by atoms with Crippen molar-refractivity contribution in [3.63, 3.8) is 0 Å². The SMILES string of the molecule is CN(C(=O)[C@@H]1C[C@@H](F)CN1)C1CC1. The molecule has 0 aromatic heterocycles. The van der Waals surface area contributed by atoms with Crippen molar-refractivity contribution < 1.29 is 9.18 Å². The smallest absolute Gasteiger partial charge is 0.239 e. The van der Waals surface area contributed by atoms with Gasteiger partial charge in [-0.15, -0.1) is 0 Å². The molecular formula is C9H15FN2O. The highest BCUT2D eigenvalue weighted by atomic mass is 19.1. The molecule has 2 atom stereocenters. The maximum Gasteiger partial charge on any atom is 0.239 e. The minimum atomic E-state index is -0.846. The molecular weight excluding hydrogens is 171 g/mol. The highest BCUT2D eigenvalue weighted by Gasteiger charge is 2.36. The Morgan fingerprint density at radius 2 is 2.23 bits per heavy atom. The van der Waals surface area contributed by atoms with Gasteiger partial charge in [-0.3, -0.25) is 4.79 Å². The number of rotatable bonds is 2. The fourth-order valence-corrected chi connectivity index (χ4v) is 1.77. The second kappa shape index (κ2) is 3.25. The summed E-state index contributed by atoms with van der Waals surface area (Å²) >= 11 is 0. The minimum absolute atomic E-state index is 0.0580. The Kier molecular flexibility index (Phi) is 2.24.